The molecule has 6 heteroatoms. The van der Waals surface area contributed by atoms with Crippen molar-refractivity contribution < 1.29 is 9.90 Å². The second-order valence-electron chi connectivity index (χ2n) is 5.69. The van der Waals surface area contributed by atoms with E-state index >= 15 is 0 Å². The Balaban J connectivity index is 1.98. The van der Waals surface area contributed by atoms with Gasteiger partial charge in [0.2, 0.25) is 0 Å². The van der Waals surface area contributed by atoms with Crippen LogP contribution in [-0.4, -0.2) is 25.8 Å². The van der Waals surface area contributed by atoms with Crippen molar-refractivity contribution in [3.63, 3.8) is 0 Å². The van der Waals surface area contributed by atoms with Gasteiger partial charge in [-0.3, -0.25) is 4.79 Å². The highest BCUT2D eigenvalue weighted by Gasteiger charge is 2.16. The summed E-state index contributed by atoms with van der Waals surface area (Å²) in [5, 5.41) is 17.6. The average molecular weight is 310 g/mol. The zero-order valence-electron chi connectivity index (χ0n) is 13.2. The molecular weight excluding hydrogens is 292 g/mol. The van der Waals surface area contributed by atoms with E-state index < -0.39 is 0 Å². The maximum absolute atomic E-state index is 12.5. The monoisotopic (exact) mass is 310 g/mol. The Morgan fingerprint density at radius 3 is 2.74 bits per heavy atom. The predicted molar refractivity (Wildman–Crippen MR) is 88.7 cm³/mol. The number of aryl methyl sites for hydroxylation is 1. The molecule has 23 heavy (non-hydrogen) atoms. The fourth-order valence-corrected chi connectivity index (χ4v) is 2.44. The van der Waals surface area contributed by atoms with Crippen LogP contribution in [0, 0.1) is 6.92 Å². The third-order valence-electron chi connectivity index (χ3n) is 3.65. The Bertz CT molecular complexity index is 883. The minimum absolute atomic E-state index is 0.0279. The van der Waals surface area contributed by atoms with Crippen molar-refractivity contribution in [3.8, 4) is 5.75 Å². The molecule has 0 atom stereocenters. The number of anilines is 1. The molecule has 1 aromatic carbocycles. The number of amides is 1. The number of phenols is 1. The van der Waals surface area contributed by atoms with Crippen molar-refractivity contribution in [1.29, 1.82) is 0 Å². The number of fused-ring (bicyclic) bond motifs is 1. The molecule has 0 bridgehead atoms. The first-order valence-electron chi connectivity index (χ1n) is 7.41. The van der Waals surface area contributed by atoms with Gasteiger partial charge in [0.15, 0.2) is 5.65 Å². The van der Waals surface area contributed by atoms with Crippen LogP contribution in [0.15, 0.2) is 36.5 Å². The lowest BCUT2D eigenvalue weighted by molar-refractivity contribution is 0.102. The van der Waals surface area contributed by atoms with E-state index in [1.54, 1.807) is 37.4 Å². The Morgan fingerprint density at radius 2 is 2.04 bits per heavy atom. The number of pyridine rings is 1. The summed E-state index contributed by atoms with van der Waals surface area (Å²) in [5.74, 6) is -0.282. The maximum atomic E-state index is 12.5. The van der Waals surface area contributed by atoms with Gasteiger partial charge in [0.25, 0.3) is 5.91 Å². The highest BCUT2D eigenvalue weighted by molar-refractivity contribution is 6.07. The van der Waals surface area contributed by atoms with Gasteiger partial charge in [0, 0.05) is 11.4 Å². The topological polar surface area (TPSA) is 80.0 Å². The summed E-state index contributed by atoms with van der Waals surface area (Å²) < 4.78 is 1.83. The summed E-state index contributed by atoms with van der Waals surface area (Å²) in [7, 11) is 0. The van der Waals surface area contributed by atoms with E-state index in [2.05, 4.69) is 15.4 Å². The lowest BCUT2D eigenvalue weighted by Crippen LogP contribution is -2.14. The molecule has 118 valence electrons. The molecule has 2 heterocycles. The fourth-order valence-electron chi connectivity index (χ4n) is 2.44. The molecule has 0 spiro atoms. The molecule has 2 N–H and O–H groups in total. The van der Waals surface area contributed by atoms with Gasteiger partial charge in [-0.25, -0.2) is 9.67 Å². The third-order valence-corrected chi connectivity index (χ3v) is 3.65. The Morgan fingerprint density at radius 1 is 1.30 bits per heavy atom. The molecule has 6 nitrogen and oxygen atoms in total. The van der Waals surface area contributed by atoms with Crippen molar-refractivity contribution in [2.24, 2.45) is 0 Å². The first-order chi connectivity index (χ1) is 11.0. The van der Waals surface area contributed by atoms with E-state index in [1.807, 2.05) is 18.5 Å². The molecule has 3 aromatic rings. The van der Waals surface area contributed by atoms with Crippen molar-refractivity contribution in [3.05, 3.63) is 47.8 Å². The molecular formula is C17H18N4O2. The van der Waals surface area contributed by atoms with Crippen LogP contribution in [0.1, 0.15) is 35.9 Å². The van der Waals surface area contributed by atoms with Gasteiger partial charge in [0.1, 0.15) is 5.75 Å². The predicted octanol–water partition coefficient (Wildman–Crippen LogP) is 3.28. The molecule has 0 aliphatic rings. The first kappa shape index (κ1) is 15.0. The van der Waals surface area contributed by atoms with Crippen LogP contribution in [0.3, 0.4) is 0 Å². The van der Waals surface area contributed by atoms with Gasteiger partial charge >= 0.3 is 0 Å². The van der Waals surface area contributed by atoms with Gasteiger partial charge < -0.3 is 10.4 Å². The van der Waals surface area contributed by atoms with Crippen molar-refractivity contribution in [1.82, 2.24) is 14.8 Å². The quantitative estimate of drug-likeness (QED) is 0.728. The summed E-state index contributed by atoms with van der Waals surface area (Å²) in [6.07, 6.45) is 1.71. The van der Waals surface area contributed by atoms with Crippen LogP contribution in [0.4, 0.5) is 5.69 Å². The number of para-hydroxylation sites is 2. The zero-order valence-corrected chi connectivity index (χ0v) is 13.2. The molecule has 0 unspecified atom stereocenters. The van der Waals surface area contributed by atoms with Crippen LogP contribution in [-0.2, 0) is 0 Å². The molecule has 2 aromatic heterocycles. The highest BCUT2D eigenvalue weighted by atomic mass is 16.3. The van der Waals surface area contributed by atoms with Crippen molar-refractivity contribution in [2.45, 2.75) is 26.8 Å². The Kier molecular flexibility index (Phi) is 3.73. The number of phenolic OH excluding ortho intramolecular Hbond substituents is 1. The zero-order chi connectivity index (χ0) is 16.6. The van der Waals surface area contributed by atoms with Crippen LogP contribution in [0.2, 0.25) is 0 Å². The van der Waals surface area contributed by atoms with E-state index in [-0.39, 0.29) is 17.7 Å². The average Bonchev–Trinajstić information content (AvgIpc) is 2.91. The molecule has 3 rings (SSSR count). The van der Waals surface area contributed by atoms with Gasteiger partial charge in [-0.15, -0.1) is 0 Å². The third kappa shape index (κ3) is 2.75. The standard InChI is InChI=1S/C17H18N4O2/c1-10(2)21-16-12(9-18-21)8-13(11(3)19-16)17(23)20-14-6-4-5-7-15(14)22/h4-10,22H,1-3H3,(H,20,23). The smallest absolute Gasteiger partial charge is 0.257 e. The molecule has 0 aliphatic carbocycles. The number of nitrogens with one attached hydrogen (secondary N) is 1. The summed E-state index contributed by atoms with van der Waals surface area (Å²) >= 11 is 0. The summed E-state index contributed by atoms with van der Waals surface area (Å²) in [6, 6.07) is 8.58. The van der Waals surface area contributed by atoms with Crippen LogP contribution < -0.4 is 5.32 Å². The number of hydrogen-bond donors (Lipinski definition) is 2. The van der Waals surface area contributed by atoms with E-state index in [0.717, 1.165) is 11.0 Å². The lowest BCUT2D eigenvalue weighted by Gasteiger charge is -2.10. The number of aromatic nitrogens is 3. The van der Waals surface area contributed by atoms with E-state index in [0.29, 0.717) is 16.9 Å². The van der Waals surface area contributed by atoms with E-state index in [9.17, 15) is 9.90 Å². The number of benzene rings is 1. The molecule has 0 radical (unpaired) electrons. The first-order valence-corrected chi connectivity index (χ1v) is 7.41. The SMILES string of the molecule is Cc1nc2c(cnn2C(C)C)cc1C(=O)Nc1ccccc1O. The van der Waals surface area contributed by atoms with Crippen LogP contribution in [0.5, 0.6) is 5.75 Å². The van der Waals surface area contributed by atoms with Gasteiger partial charge in [-0.1, -0.05) is 12.1 Å². The normalized spacial score (nSPS) is 11.1. The highest BCUT2D eigenvalue weighted by Crippen LogP contribution is 2.24. The van der Waals surface area contributed by atoms with Gasteiger partial charge in [-0.05, 0) is 39.0 Å². The Labute approximate surface area is 133 Å². The minimum Gasteiger partial charge on any atom is -0.506 e. The number of carbonyl (C=O) groups excluding carboxylic acids is 1. The minimum atomic E-state index is -0.310. The molecule has 0 aliphatic heterocycles. The maximum Gasteiger partial charge on any atom is 0.257 e. The molecule has 0 fully saturated rings. The van der Waals surface area contributed by atoms with Crippen molar-refractivity contribution >= 4 is 22.6 Å². The van der Waals surface area contributed by atoms with Crippen LogP contribution >= 0.6 is 0 Å². The van der Waals surface area contributed by atoms with Gasteiger partial charge in [0.05, 0.1) is 23.1 Å². The van der Waals surface area contributed by atoms with Crippen LogP contribution in [0.25, 0.3) is 11.0 Å². The number of nitrogens with zero attached hydrogens (tertiary/aromatic N) is 3. The second kappa shape index (κ2) is 5.72. The number of aromatic hydroxyl groups is 1. The molecule has 1 amide bonds. The Hall–Kier alpha value is -2.89. The number of rotatable bonds is 3. The summed E-state index contributed by atoms with van der Waals surface area (Å²) in [5.41, 5.74) is 2.21. The largest absolute Gasteiger partial charge is 0.506 e. The van der Waals surface area contributed by atoms with Crippen molar-refractivity contribution in [2.75, 3.05) is 5.32 Å². The second-order valence-corrected chi connectivity index (χ2v) is 5.69. The lowest BCUT2D eigenvalue weighted by atomic mass is 10.1. The van der Waals surface area contributed by atoms with E-state index in [1.165, 1.54) is 6.07 Å². The summed E-state index contributed by atoms with van der Waals surface area (Å²) in [6.45, 7) is 5.85. The molecule has 0 saturated heterocycles. The fraction of sp³-hybridized carbons (Fsp3) is 0.235. The number of carbonyl (C=O) groups is 1. The molecule has 0 saturated carbocycles. The number of hydrogen-bond acceptors (Lipinski definition) is 4. The summed E-state index contributed by atoms with van der Waals surface area (Å²) in [4.78, 5) is 17.0. The van der Waals surface area contributed by atoms with E-state index in [4.69, 9.17) is 0 Å². The van der Waals surface area contributed by atoms with Gasteiger partial charge in [-0.2, -0.15) is 5.10 Å².